The third kappa shape index (κ3) is 4.81. The van der Waals surface area contributed by atoms with Crippen LogP contribution in [0.3, 0.4) is 0 Å². The van der Waals surface area contributed by atoms with Crippen molar-refractivity contribution in [3.8, 4) is 5.75 Å². The van der Waals surface area contributed by atoms with Crippen molar-refractivity contribution in [2.45, 2.75) is 47.2 Å². The number of H-pyrrole nitrogens is 1. The quantitative estimate of drug-likeness (QED) is 0.523. The maximum atomic E-state index is 13.0. The topological polar surface area (TPSA) is 71.6 Å². The van der Waals surface area contributed by atoms with Crippen molar-refractivity contribution < 1.29 is 19.1 Å². The second kappa shape index (κ2) is 9.55. The molecule has 152 valence electrons. The first-order chi connectivity index (χ1) is 13.3. The van der Waals surface area contributed by atoms with Gasteiger partial charge in [-0.2, -0.15) is 0 Å². The number of aromatic nitrogens is 1. The zero-order valence-electron chi connectivity index (χ0n) is 17.6. The number of carbonyl (C=O) groups excluding carboxylic acids is 2. The number of carbonyl (C=O) groups is 2. The lowest BCUT2D eigenvalue weighted by atomic mass is 10.0. The van der Waals surface area contributed by atoms with Crippen molar-refractivity contribution in [3.05, 3.63) is 52.3 Å². The zero-order chi connectivity index (χ0) is 20.8. The zero-order valence-corrected chi connectivity index (χ0v) is 17.6. The standard InChI is InChI=1S/C22H30N2O4/c1-7-27-18-11-9-17(10-12-18)13-24(6)16(5)21(25)20-14(3)19(15(4)23-20)22(26)28-8-2/h9-12,16,23H,7-8,13H2,1-6H3/t16-/m0/s1. The normalized spacial score (nSPS) is 12.1. The Labute approximate surface area is 166 Å². The average Bonchev–Trinajstić information content (AvgIpc) is 2.96. The first-order valence-corrected chi connectivity index (χ1v) is 9.62. The summed E-state index contributed by atoms with van der Waals surface area (Å²) in [5, 5.41) is 0. The van der Waals surface area contributed by atoms with Gasteiger partial charge in [0.15, 0.2) is 5.78 Å². The molecule has 0 unspecified atom stereocenters. The van der Waals surface area contributed by atoms with Crippen LogP contribution in [0.5, 0.6) is 5.75 Å². The van der Waals surface area contributed by atoms with Crippen LogP contribution in [0.1, 0.15) is 58.4 Å². The van der Waals surface area contributed by atoms with Gasteiger partial charge in [-0.3, -0.25) is 9.69 Å². The third-order valence-electron chi connectivity index (χ3n) is 4.87. The van der Waals surface area contributed by atoms with E-state index in [-0.39, 0.29) is 11.8 Å². The van der Waals surface area contributed by atoms with E-state index < -0.39 is 5.97 Å². The number of ether oxygens (including phenoxy) is 2. The predicted molar refractivity (Wildman–Crippen MR) is 109 cm³/mol. The van der Waals surface area contributed by atoms with E-state index in [0.717, 1.165) is 11.3 Å². The number of ketones is 1. The molecule has 6 heteroatoms. The van der Waals surface area contributed by atoms with Crippen LogP contribution < -0.4 is 4.74 Å². The van der Waals surface area contributed by atoms with Gasteiger partial charge in [0, 0.05) is 12.2 Å². The molecule has 0 amide bonds. The van der Waals surface area contributed by atoms with Crippen LogP contribution in [0, 0.1) is 13.8 Å². The van der Waals surface area contributed by atoms with Crippen molar-refractivity contribution in [2.75, 3.05) is 20.3 Å². The van der Waals surface area contributed by atoms with Gasteiger partial charge in [0.05, 0.1) is 30.5 Å². The summed E-state index contributed by atoms with van der Waals surface area (Å²) in [6, 6.07) is 7.52. The molecule has 0 radical (unpaired) electrons. The minimum Gasteiger partial charge on any atom is -0.494 e. The van der Waals surface area contributed by atoms with Gasteiger partial charge in [0.2, 0.25) is 0 Å². The summed E-state index contributed by atoms with van der Waals surface area (Å²) in [5.74, 6) is 0.384. The highest BCUT2D eigenvalue weighted by Crippen LogP contribution is 2.22. The monoisotopic (exact) mass is 386 g/mol. The number of likely N-dealkylation sites (N-methyl/N-ethyl adjacent to an activating group) is 1. The molecule has 0 fully saturated rings. The molecule has 6 nitrogen and oxygen atoms in total. The summed E-state index contributed by atoms with van der Waals surface area (Å²) in [7, 11) is 1.91. The van der Waals surface area contributed by atoms with Gasteiger partial charge in [-0.05, 0) is 64.9 Å². The first-order valence-electron chi connectivity index (χ1n) is 9.62. The fourth-order valence-corrected chi connectivity index (χ4v) is 3.20. The number of hydrogen-bond acceptors (Lipinski definition) is 5. The number of hydrogen-bond donors (Lipinski definition) is 1. The number of aromatic amines is 1. The average molecular weight is 386 g/mol. The molecular weight excluding hydrogens is 356 g/mol. The van der Waals surface area contributed by atoms with Crippen molar-refractivity contribution >= 4 is 11.8 Å². The number of Topliss-reactive ketones (excluding diaryl/α,β-unsaturated/α-hetero) is 1. The highest BCUT2D eigenvalue weighted by molar-refractivity contribution is 6.03. The Kier molecular flexibility index (Phi) is 7.40. The molecule has 0 aliphatic carbocycles. The van der Waals surface area contributed by atoms with Crippen molar-refractivity contribution in [2.24, 2.45) is 0 Å². The minimum absolute atomic E-state index is 0.0513. The first kappa shape index (κ1) is 21.7. The minimum atomic E-state index is -0.400. The van der Waals surface area contributed by atoms with Gasteiger partial charge in [0.25, 0.3) is 0 Å². The van der Waals surface area contributed by atoms with Crippen LogP contribution in [0.2, 0.25) is 0 Å². The lowest BCUT2D eigenvalue weighted by molar-refractivity contribution is 0.0525. The van der Waals surface area contributed by atoms with E-state index in [1.165, 1.54) is 0 Å². The fourth-order valence-electron chi connectivity index (χ4n) is 3.20. The van der Waals surface area contributed by atoms with Crippen molar-refractivity contribution in [3.63, 3.8) is 0 Å². The molecule has 2 aromatic rings. The predicted octanol–water partition coefficient (Wildman–Crippen LogP) is 3.91. The molecule has 1 heterocycles. The summed E-state index contributed by atoms with van der Waals surface area (Å²) < 4.78 is 10.6. The Morgan fingerprint density at radius 1 is 1.11 bits per heavy atom. The number of aryl methyl sites for hydroxylation is 1. The molecule has 2 rings (SSSR count). The maximum Gasteiger partial charge on any atom is 0.340 e. The van der Waals surface area contributed by atoms with Crippen molar-refractivity contribution in [1.29, 1.82) is 0 Å². The van der Waals surface area contributed by atoms with E-state index in [1.807, 2.05) is 50.1 Å². The smallest absolute Gasteiger partial charge is 0.340 e. The van der Waals surface area contributed by atoms with E-state index in [0.29, 0.717) is 42.3 Å². The summed E-state index contributed by atoms with van der Waals surface area (Å²) in [5.41, 5.74) is 3.30. The Balaban J connectivity index is 2.13. The fraction of sp³-hybridized carbons (Fsp3) is 0.455. The van der Waals surface area contributed by atoms with Gasteiger partial charge in [-0.25, -0.2) is 4.79 Å². The molecule has 0 spiro atoms. The second-order valence-electron chi connectivity index (χ2n) is 6.88. The van der Waals surface area contributed by atoms with E-state index in [9.17, 15) is 9.59 Å². The van der Waals surface area contributed by atoms with Crippen LogP contribution >= 0.6 is 0 Å². The highest BCUT2D eigenvalue weighted by atomic mass is 16.5. The number of nitrogens with zero attached hydrogens (tertiary/aromatic N) is 1. The van der Waals surface area contributed by atoms with Gasteiger partial charge in [-0.15, -0.1) is 0 Å². The molecular formula is C22H30N2O4. The molecule has 1 aromatic heterocycles. The largest absolute Gasteiger partial charge is 0.494 e. The Morgan fingerprint density at radius 2 is 1.75 bits per heavy atom. The lowest BCUT2D eigenvalue weighted by Gasteiger charge is -2.23. The van der Waals surface area contributed by atoms with Crippen LogP contribution in [0.4, 0.5) is 0 Å². The van der Waals surface area contributed by atoms with E-state index >= 15 is 0 Å². The second-order valence-corrected chi connectivity index (χ2v) is 6.88. The van der Waals surface area contributed by atoms with Gasteiger partial charge in [0.1, 0.15) is 5.75 Å². The number of benzene rings is 1. The highest BCUT2D eigenvalue weighted by Gasteiger charge is 2.27. The maximum absolute atomic E-state index is 13.0. The van der Waals surface area contributed by atoms with Crippen LogP contribution in [0.25, 0.3) is 0 Å². The molecule has 0 aliphatic heterocycles. The van der Waals surface area contributed by atoms with E-state index in [1.54, 1.807) is 20.8 Å². The molecule has 0 bridgehead atoms. The molecule has 1 atom stereocenters. The van der Waals surface area contributed by atoms with Gasteiger partial charge in [-0.1, -0.05) is 12.1 Å². The lowest BCUT2D eigenvalue weighted by Crippen LogP contribution is -2.36. The Morgan fingerprint density at radius 3 is 2.32 bits per heavy atom. The molecule has 1 N–H and O–H groups in total. The number of esters is 1. The SMILES string of the molecule is CCOC(=O)c1c(C)[nH]c(C(=O)[C@H](C)N(C)Cc2ccc(OCC)cc2)c1C. The number of nitrogens with one attached hydrogen (secondary N) is 1. The summed E-state index contributed by atoms with van der Waals surface area (Å²) in [4.78, 5) is 30.3. The van der Waals surface area contributed by atoms with Crippen molar-refractivity contribution in [1.82, 2.24) is 9.88 Å². The van der Waals surface area contributed by atoms with E-state index in [4.69, 9.17) is 9.47 Å². The Hall–Kier alpha value is -2.60. The molecule has 0 aliphatic rings. The van der Waals surface area contributed by atoms with Crippen LogP contribution in [-0.2, 0) is 11.3 Å². The summed E-state index contributed by atoms with van der Waals surface area (Å²) in [6.45, 7) is 10.7. The Bertz CT molecular complexity index is 824. The summed E-state index contributed by atoms with van der Waals surface area (Å²) >= 11 is 0. The van der Waals surface area contributed by atoms with Crippen LogP contribution in [-0.4, -0.2) is 47.9 Å². The van der Waals surface area contributed by atoms with Gasteiger partial charge >= 0.3 is 5.97 Å². The number of rotatable bonds is 9. The third-order valence-corrected chi connectivity index (χ3v) is 4.87. The molecule has 0 saturated carbocycles. The molecule has 0 saturated heterocycles. The summed E-state index contributed by atoms with van der Waals surface area (Å²) in [6.07, 6.45) is 0. The molecule has 1 aromatic carbocycles. The van der Waals surface area contributed by atoms with Gasteiger partial charge < -0.3 is 14.5 Å². The molecule has 28 heavy (non-hydrogen) atoms. The van der Waals surface area contributed by atoms with E-state index in [2.05, 4.69) is 4.98 Å². The van der Waals surface area contributed by atoms with Crippen LogP contribution in [0.15, 0.2) is 24.3 Å².